The summed E-state index contributed by atoms with van der Waals surface area (Å²) >= 11 is 0. The summed E-state index contributed by atoms with van der Waals surface area (Å²) in [4.78, 5) is 56.0. The minimum atomic E-state index is -0.693. The molecule has 0 fully saturated rings. The van der Waals surface area contributed by atoms with E-state index in [0.29, 0.717) is 26.1 Å². The molecule has 0 spiro atoms. The average molecular weight is 488 g/mol. The molecule has 0 unspecified atom stereocenters. The third-order valence-corrected chi connectivity index (χ3v) is 5.54. The lowest BCUT2D eigenvalue weighted by molar-refractivity contribution is -0.141. The van der Waals surface area contributed by atoms with Gasteiger partial charge >= 0.3 is 11.7 Å². The number of nitrogen functional groups attached to an aromatic ring is 1. The van der Waals surface area contributed by atoms with Crippen molar-refractivity contribution < 1.29 is 14.3 Å². The van der Waals surface area contributed by atoms with Crippen LogP contribution in [0.3, 0.4) is 0 Å². The van der Waals surface area contributed by atoms with Gasteiger partial charge in [0.15, 0.2) is 5.69 Å². The van der Waals surface area contributed by atoms with Crippen LogP contribution in [-0.2, 0) is 27.4 Å². The van der Waals surface area contributed by atoms with Crippen LogP contribution in [0.15, 0.2) is 39.9 Å². The molecular weight excluding hydrogens is 450 g/mol. The number of nitrogens with two attached hydrogens (primary N) is 1. The predicted octanol–water partition coefficient (Wildman–Crippen LogP) is 1.97. The first-order chi connectivity index (χ1) is 16.7. The molecule has 0 aliphatic rings. The highest BCUT2D eigenvalue weighted by Crippen LogP contribution is 2.19. The summed E-state index contributed by atoms with van der Waals surface area (Å²) in [7, 11) is 1.32. The zero-order valence-electron chi connectivity index (χ0n) is 21.1. The van der Waals surface area contributed by atoms with E-state index in [1.165, 1.54) is 16.6 Å². The first-order valence-electron chi connectivity index (χ1n) is 11.9. The van der Waals surface area contributed by atoms with Gasteiger partial charge in [-0.2, -0.15) is 0 Å². The second-order valence-corrected chi connectivity index (χ2v) is 8.92. The van der Waals surface area contributed by atoms with E-state index >= 15 is 0 Å². The molecule has 0 bridgehead atoms. The molecular formula is C25H37N5O5. The molecule has 1 aromatic heterocycles. The Balaban J connectivity index is 2.40. The normalized spacial score (nSPS) is 11.1. The smallest absolute Gasteiger partial charge is 0.330 e. The minimum Gasteiger partial charge on any atom is -0.469 e. The monoisotopic (exact) mass is 487 g/mol. The van der Waals surface area contributed by atoms with Gasteiger partial charge in [0.1, 0.15) is 5.82 Å². The molecule has 35 heavy (non-hydrogen) atoms. The van der Waals surface area contributed by atoms with E-state index in [0.717, 1.165) is 12.0 Å². The number of aromatic nitrogens is 2. The highest BCUT2D eigenvalue weighted by molar-refractivity contribution is 5.96. The van der Waals surface area contributed by atoms with Gasteiger partial charge in [0, 0.05) is 26.2 Å². The minimum absolute atomic E-state index is 0.0173. The molecule has 2 rings (SSSR count). The molecule has 10 nitrogen and oxygen atoms in total. The van der Waals surface area contributed by atoms with Crippen molar-refractivity contribution in [1.82, 2.24) is 14.5 Å². The number of esters is 1. The molecule has 0 saturated carbocycles. The van der Waals surface area contributed by atoms with Gasteiger partial charge in [-0.1, -0.05) is 57.5 Å². The van der Waals surface area contributed by atoms with Crippen LogP contribution in [0.2, 0.25) is 0 Å². The Hall–Kier alpha value is -3.40. The molecule has 1 heterocycles. The van der Waals surface area contributed by atoms with Gasteiger partial charge < -0.3 is 15.4 Å². The number of nitrogens with zero attached hydrogens (tertiary/aromatic N) is 3. The fourth-order valence-corrected chi connectivity index (χ4v) is 3.75. The number of benzene rings is 1. The third-order valence-electron chi connectivity index (χ3n) is 5.54. The number of methoxy groups -OCH3 is 1. The zero-order chi connectivity index (χ0) is 26.0. The van der Waals surface area contributed by atoms with Gasteiger partial charge in [-0.15, -0.1) is 0 Å². The van der Waals surface area contributed by atoms with Crippen molar-refractivity contribution in [3.05, 3.63) is 56.7 Å². The topological polar surface area (TPSA) is 131 Å². The second-order valence-electron chi connectivity index (χ2n) is 8.92. The lowest BCUT2D eigenvalue weighted by atomic mass is 10.2. The Kier molecular flexibility index (Phi) is 10.7. The fraction of sp³-hybridized carbons (Fsp3) is 0.520. The van der Waals surface area contributed by atoms with E-state index in [4.69, 9.17) is 10.5 Å². The quantitative estimate of drug-likeness (QED) is 0.413. The number of hydrogen-bond donors (Lipinski definition) is 2. The summed E-state index contributed by atoms with van der Waals surface area (Å²) < 4.78 is 6.06. The molecule has 0 radical (unpaired) electrons. The van der Waals surface area contributed by atoms with Gasteiger partial charge in [0.2, 0.25) is 5.91 Å². The number of unbranched alkanes of at least 4 members (excludes halogenated alkanes) is 1. The van der Waals surface area contributed by atoms with Gasteiger partial charge in [0.05, 0.1) is 20.1 Å². The van der Waals surface area contributed by atoms with Crippen molar-refractivity contribution >= 4 is 23.4 Å². The van der Waals surface area contributed by atoms with Crippen LogP contribution in [-0.4, -0.2) is 53.1 Å². The molecule has 0 aliphatic carbocycles. The highest BCUT2D eigenvalue weighted by atomic mass is 16.5. The van der Waals surface area contributed by atoms with E-state index in [-0.39, 0.29) is 48.8 Å². The maximum Gasteiger partial charge on any atom is 0.330 e. The summed E-state index contributed by atoms with van der Waals surface area (Å²) in [6.45, 7) is 7.12. The first-order valence-corrected chi connectivity index (χ1v) is 11.9. The lowest BCUT2D eigenvalue weighted by Crippen LogP contribution is -2.46. The number of carbonyl (C=O) groups excluding carboxylic acids is 2. The van der Waals surface area contributed by atoms with Gasteiger partial charge in [-0.25, -0.2) is 4.79 Å². The van der Waals surface area contributed by atoms with Crippen molar-refractivity contribution in [3.8, 4) is 0 Å². The van der Waals surface area contributed by atoms with Crippen LogP contribution in [0.5, 0.6) is 0 Å². The van der Waals surface area contributed by atoms with Crippen LogP contribution in [0.4, 0.5) is 11.5 Å². The zero-order valence-corrected chi connectivity index (χ0v) is 21.1. The predicted molar refractivity (Wildman–Crippen MR) is 136 cm³/mol. The Morgan fingerprint density at radius 3 is 2.43 bits per heavy atom. The maximum absolute atomic E-state index is 13.6. The van der Waals surface area contributed by atoms with Crippen LogP contribution < -0.4 is 21.9 Å². The molecule has 2 aromatic rings. The van der Waals surface area contributed by atoms with Crippen molar-refractivity contribution in [3.63, 3.8) is 0 Å². The Morgan fingerprint density at radius 1 is 1.14 bits per heavy atom. The first kappa shape index (κ1) is 27.8. The van der Waals surface area contributed by atoms with E-state index in [1.807, 2.05) is 56.0 Å². The second kappa shape index (κ2) is 13.5. The Morgan fingerprint density at radius 2 is 1.83 bits per heavy atom. The summed E-state index contributed by atoms with van der Waals surface area (Å²) in [5.74, 6) is -0.639. The van der Waals surface area contributed by atoms with Crippen molar-refractivity contribution in [2.75, 3.05) is 37.4 Å². The number of anilines is 2. The molecule has 10 heteroatoms. The van der Waals surface area contributed by atoms with E-state index in [9.17, 15) is 19.2 Å². The number of nitrogens with one attached hydrogen (secondary N) is 1. The Bertz CT molecular complexity index is 1090. The number of amides is 1. The van der Waals surface area contributed by atoms with Crippen LogP contribution in [0, 0.1) is 5.92 Å². The van der Waals surface area contributed by atoms with Crippen LogP contribution in [0.1, 0.15) is 45.6 Å². The largest absolute Gasteiger partial charge is 0.469 e. The number of aromatic amines is 1. The molecule has 3 N–H and O–H groups in total. The Labute approximate surface area is 205 Å². The number of rotatable bonds is 13. The summed E-state index contributed by atoms with van der Waals surface area (Å²) in [5.41, 5.74) is 5.96. The molecule has 192 valence electrons. The lowest BCUT2D eigenvalue weighted by Gasteiger charge is -2.28. The summed E-state index contributed by atoms with van der Waals surface area (Å²) in [6, 6.07) is 9.59. The van der Waals surface area contributed by atoms with Gasteiger partial charge in [-0.05, 0) is 17.9 Å². The maximum atomic E-state index is 13.6. The van der Waals surface area contributed by atoms with Crippen molar-refractivity contribution in [1.29, 1.82) is 0 Å². The number of hydrogen-bond acceptors (Lipinski definition) is 7. The van der Waals surface area contributed by atoms with Crippen molar-refractivity contribution in [2.24, 2.45) is 5.92 Å². The molecule has 1 aromatic carbocycles. The molecule has 0 atom stereocenters. The van der Waals surface area contributed by atoms with Crippen molar-refractivity contribution in [2.45, 2.75) is 53.1 Å². The fourth-order valence-electron chi connectivity index (χ4n) is 3.75. The molecule has 1 amide bonds. The molecule has 0 saturated heterocycles. The summed E-state index contributed by atoms with van der Waals surface area (Å²) in [6.07, 6.45) is 1.56. The number of carbonyl (C=O) groups is 2. The van der Waals surface area contributed by atoms with Gasteiger partial charge in [-0.3, -0.25) is 28.8 Å². The number of ether oxygens (including phenoxy) is 1. The summed E-state index contributed by atoms with van der Waals surface area (Å²) in [5, 5.41) is 0. The van der Waals surface area contributed by atoms with Crippen LogP contribution in [0.25, 0.3) is 0 Å². The number of H-pyrrole nitrogens is 1. The van der Waals surface area contributed by atoms with Gasteiger partial charge in [0.25, 0.3) is 5.56 Å². The SMILES string of the molecule is CCCCN(C(=O)CN(CCC(=O)OC)Cc1ccccc1)c1c(N)n(CC(C)C)c(=O)[nH]c1=O. The van der Waals surface area contributed by atoms with Crippen LogP contribution >= 0.6 is 0 Å². The van der Waals surface area contributed by atoms with E-state index in [1.54, 1.807) is 0 Å². The standard InChI is InChI=1S/C25H37N5O5/c1-5-6-13-29(22-23(26)30(15-18(2)3)25(34)27-24(22)33)20(31)17-28(14-12-21(32)35-4)16-19-10-8-7-9-11-19/h7-11,18H,5-6,12-17,26H2,1-4H3,(H,27,33,34). The molecule has 0 aliphatic heterocycles. The third kappa shape index (κ3) is 8.10. The highest BCUT2D eigenvalue weighted by Gasteiger charge is 2.26. The van der Waals surface area contributed by atoms with E-state index in [2.05, 4.69) is 4.98 Å². The van der Waals surface area contributed by atoms with E-state index < -0.39 is 11.2 Å². The average Bonchev–Trinajstić information content (AvgIpc) is 2.82.